The molecule has 2 aliphatic heterocycles. The van der Waals surface area contributed by atoms with Gasteiger partial charge in [-0.1, -0.05) is 12.1 Å². The molecule has 2 atom stereocenters. The van der Waals surface area contributed by atoms with Crippen molar-refractivity contribution in [2.75, 3.05) is 26.2 Å². The normalized spacial score (nSPS) is 24.6. The Balaban J connectivity index is 0.00000225. The molecule has 0 spiro atoms. The van der Waals surface area contributed by atoms with Gasteiger partial charge in [0.25, 0.3) is 0 Å². The molecule has 6 heteroatoms. The van der Waals surface area contributed by atoms with Gasteiger partial charge in [-0.25, -0.2) is 4.39 Å². The van der Waals surface area contributed by atoms with Gasteiger partial charge in [-0.15, -0.1) is 12.4 Å². The number of hydrogen-bond acceptors (Lipinski definition) is 3. The van der Waals surface area contributed by atoms with E-state index in [1.807, 2.05) is 11.8 Å². The number of carbonyl (C=O) groups is 1. The average molecular weight is 371 g/mol. The standard InChI is InChI=1S/C19H27FN2O2.ClH/c1-14-12-22(19(23)7-2-15-8-10-21-11-9-15)13-18(24-14)16-3-5-17(20)6-4-16;/h3-6,14-15,18,21H,2,7-13H2,1H3;1H. The second kappa shape index (κ2) is 9.51. The Morgan fingerprint density at radius 2 is 1.92 bits per heavy atom. The molecule has 25 heavy (non-hydrogen) atoms. The highest BCUT2D eigenvalue weighted by molar-refractivity contribution is 5.85. The Morgan fingerprint density at radius 1 is 1.24 bits per heavy atom. The van der Waals surface area contributed by atoms with Gasteiger partial charge < -0.3 is 15.0 Å². The minimum atomic E-state index is -0.252. The summed E-state index contributed by atoms with van der Waals surface area (Å²) in [7, 11) is 0. The van der Waals surface area contributed by atoms with Crippen LogP contribution in [0.3, 0.4) is 0 Å². The number of nitrogens with one attached hydrogen (secondary N) is 1. The van der Waals surface area contributed by atoms with Crippen LogP contribution in [-0.4, -0.2) is 43.1 Å². The summed E-state index contributed by atoms with van der Waals surface area (Å²) in [6, 6.07) is 6.38. The van der Waals surface area contributed by atoms with Crippen molar-refractivity contribution in [3.8, 4) is 0 Å². The largest absolute Gasteiger partial charge is 0.367 e. The minimum Gasteiger partial charge on any atom is -0.367 e. The SMILES string of the molecule is CC1CN(C(=O)CCC2CCNCC2)CC(c2ccc(F)cc2)O1.Cl. The number of hydrogen-bond donors (Lipinski definition) is 1. The van der Waals surface area contributed by atoms with E-state index >= 15 is 0 Å². The van der Waals surface area contributed by atoms with Gasteiger partial charge in [0.15, 0.2) is 0 Å². The van der Waals surface area contributed by atoms with Crippen molar-refractivity contribution in [1.29, 1.82) is 0 Å². The lowest BCUT2D eigenvalue weighted by atomic mass is 9.93. The summed E-state index contributed by atoms with van der Waals surface area (Å²) in [5, 5.41) is 3.36. The van der Waals surface area contributed by atoms with Crippen LogP contribution in [0.25, 0.3) is 0 Å². The van der Waals surface area contributed by atoms with Gasteiger partial charge in [0.05, 0.1) is 12.6 Å². The van der Waals surface area contributed by atoms with Crippen molar-refractivity contribution in [3.63, 3.8) is 0 Å². The first-order valence-corrected chi connectivity index (χ1v) is 9.01. The molecule has 1 aromatic carbocycles. The molecule has 0 aliphatic carbocycles. The van der Waals surface area contributed by atoms with E-state index in [-0.39, 0.29) is 36.3 Å². The molecule has 0 saturated carbocycles. The van der Waals surface area contributed by atoms with Crippen molar-refractivity contribution < 1.29 is 13.9 Å². The van der Waals surface area contributed by atoms with E-state index in [1.54, 1.807) is 12.1 Å². The smallest absolute Gasteiger partial charge is 0.222 e. The van der Waals surface area contributed by atoms with Crippen LogP contribution in [0.5, 0.6) is 0 Å². The Labute approximate surface area is 155 Å². The van der Waals surface area contributed by atoms with Crippen molar-refractivity contribution in [2.45, 2.75) is 44.8 Å². The number of amides is 1. The fraction of sp³-hybridized carbons (Fsp3) is 0.632. The van der Waals surface area contributed by atoms with Crippen LogP contribution >= 0.6 is 12.4 Å². The number of nitrogens with zero attached hydrogens (tertiary/aromatic N) is 1. The van der Waals surface area contributed by atoms with Crippen LogP contribution in [0.1, 0.15) is 44.3 Å². The van der Waals surface area contributed by atoms with Gasteiger partial charge in [-0.2, -0.15) is 0 Å². The summed E-state index contributed by atoms with van der Waals surface area (Å²) in [4.78, 5) is 14.5. The van der Waals surface area contributed by atoms with Crippen molar-refractivity contribution >= 4 is 18.3 Å². The molecule has 0 radical (unpaired) electrons. The van der Waals surface area contributed by atoms with Gasteiger partial charge in [0.2, 0.25) is 5.91 Å². The molecule has 0 bridgehead atoms. The van der Waals surface area contributed by atoms with E-state index in [2.05, 4.69) is 5.32 Å². The van der Waals surface area contributed by atoms with E-state index in [0.717, 1.165) is 25.1 Å². The van der Waals surface area contributed by atoms with Crippen LogP contribution in [-0.2, 0) is 9.53 Å². The van der Waals surface area contributed by atoms with Gasteiger partial charge in [-0.05, 0) is 62.9 Å². The van der Waals surface area contributed by atoms with Crippen LogP contribution < -0.4 is 5.32 Å². The molecule has 1 aromatic rings. The predicted molar refractivity (Wildman–Crippen MR) is 98.3 cm³/mol. The number of piperidine rings is 1. The number of carbonyl (C=O) groups excluding carboxylic acids is 1. The lowest BCUT2D eigenvalue weighted by Gasteiger charge is -2.37. The number of rotatable bonds is 4. The van der Waals surface area contributed by atoms with Crippen molar-refractivity contribution in [2.24, 2.45) is 5.92 Å². The van der Waals surface area contributed by atoms with Crippen molar-refractivity contribution in [1.82, 2.24) is 10.2 Å². The number of ether oxygens (including phenoxy) is 1. The quantitative estimate of drug-likeness (QED) is 0.884. The lowest BCUT2D eigenvalue weighted by Crippen LogP contribution is -2.46. The first kappa shape index (κ1) is 20.1. The predicted octanol–water partition coefficient (Wildman–Crippen LogP) is 3.32. The zero-order valence-electron chi connectivity index (χ0n) is 14.7. The molecule has 3 rings (SSSR count). The molecule has 4 nitrogen and oxygen atoms in total. The highest BCUT2D eigenvalue weighted by Crippen LogP contribution is 2.26. The zero-order valence-corrected chi connectivity index (χ0v) is 15.6. The number of halogens is 2. The van der Waals surface area contributed by atoms with Gasteiger partial charge >= 0.3 is 0 Å². The first-order valence-electron chi connectivity index (χ1n) is 9.01. The minimum absolute atomic E-state index is 0. The first-order chi connectivity index (χ1) is 11.6. The van der Waals surface area contributed by atoms with E-state index in [0.29, 0.717) is 25.4 Å². The molecule has 2 aliphatic rings. The molecule has 1 N–H and O–H groups in total. The fourth-order valence-electron chi connectivity index (χ4n) is 3.67. The summed E-state index contributed by atoms with van der Waals surface area (Å²) in [6.07, 6.45) is 3.77. The summed E-state index contributed by atoms with van der Waals surface area (Å²) >= 11 is 0. The maximum absolute atomic E-state index is 13.1. The van der Waals surface area contributed by atoms with Crippen LogP contribution in [0.4, 0.5) is 4.39 Å². The van der Waals surface area contributed by atoms with E-state index in [1.165, 1.54) is 25.0 Å². The highest BCUT2D eigenvalue weighted by Gasteiger charge is 2.29. The Bertz CT molecular complexity index is 549. The molecular formula is C19H28ClFN2O2. The number of morpholine rings is 1. The number of benzene rings is 1. The van der Waals surface area contributed by atoms with Crippen molar-refractivity contribution in [3.05, 3.63) is 35.6 Å². The van der Waals surface area contributed by atoms with Gasteiger partial charge in [0, 0.05) is 13.0 Å². The summed E-state index contributed by atoms with van der Waals surface area (Å²) in [5.74, 6) is 0.634. The maximum Gasteiger partial charge on any atom is 0.222 e. The second-order valence-corrected chi connectivity index (χ2v) is 7.02. The third-order valence-corrected chi connectivity index (χ3v) is 5.08. The molecule has 1 amide bonds. The zero-order chi connectivity index (χ0) is 16.9. The molecule has 2 unspecified atom stereocenters. The summed E-state index contributed by atoms with van der Waals surface area (Å²) in [5.41, 5.74) is 0.930. The van der Waals surface area contributed by atoms with Gasteiger partial charge in [0.1, 0.15) is 11.9 Å². The van der Waals surface area contributed by atoms with E-state index in [4.69, 9.17) is 4.74 Å². The Morgan fingerprint density at radius 3 is 2.60 bits per heavy atom. The van der Waals surface area contributed by atoms with Crippen LogP contribution in [0.2, 0.25) is 0 Å². The molecule has 140 valence electrons. The third-order valence-electron chi connectivity index (χ3n) is 5.08. The lowest BCUT2D eigenvalue weighted by molar-refractivity contribution is -0.145. The van der Waals surface area contributed by atoms with Crippen LogP contribution in [0, 0.1) is 11.7 Å². The maximum atomic E-state index is 13.1. The van der Waals surface area contributed by atoms with E-state index < -0.39 is 0 Å². The monoisotopic (exact) mass is 370 g/mol. The highest BCUT2D eigenvalue weighted by atomic mass is 35.5. The average Bonchev–Trinajstić information content (AvgIpc) is 2.60. The molecule has 0 aromatic heterocycles. The topological polar surface area (TPSA) is 41.6 Å². The Kier molecular flexibility index (Phi) is 7.66. The van der Waals surface area contributed by atoms with E-state index in [9.17, 15) is 9.18 Å². The molecular weight excluding hydrogens is 343 g/mol. The Hall–Kier alpha value is -1.17. The van der Waals surface area contributed by atoms with Gasteiger partial charge in [-0.3, -0.25) is 4.79 Å². The summed E-state index contributed by atoms with van der Waals surface area (Å²) < 4.78 is 19.1. The fourth-order valence-corrected chi connectivity index (χ4v) is 3.67. The molecule has 2 heterocycles. The van der Waals surface area contributed by atoms with Crippen LogP contribution in [0.15, 0.2) is 24.3 Å². The molecule has 2 fully saturated rings. The second-order valence-electron chi connectivity index (χ2n) is 7.02. The molecule has 2 saturated heterocycles. The summed E-state index contributed by atoms with van der Waals surface area (Å²) in [6.45, 7) is 5.33. The third kappa shape index (κ3) is 5.66.